The normalized spacial score (nSPS) is 17.7. The predicted molar refractivity (Wildman–Crippen MR) is 107 cm³/mol. The molecule has 2 fully saturated rings. The number of hydrogen-bond acceptors (Lipinski definition) is 3. The van der Waals surface area contributed by atoms with Gasteiger partial charge in [-0.15, -0.1) is 0 Å². The van der Waals surface area contributed by atoms with Crippen LogP contribution in [0.1, 0.15) is 53.3 Å². The summed E-state index contributed by atoms with van der Waals surface area (Å²) < 4.78 is 0. The van der Waals surface area contributed by atoms with Crippen molar-refractivity contribution >= 4 is 17.5 Å². The zero-order chi connectivity index (χ0) is 18.8. The summed E-state index contributed by atoms with van der Waals surface area (Å²) in [5.41, 5.74) is 2.76. The van der Waals surface area contributed by atoms with E-state index in [2.05, 4.69) is 10.2 Å². The molecule has 2 N–H and O–H groups in total. The van der Waals surface area contributed by atoms with Crippen molar-refractivity contribution in [3.05, 3.63) is 70.2 Å². The van der Waals surface area contributed by atoms with E-state index < -0.39 is 6.10 Å². The first-order valence-corrected chi connectivity index (χ1v) is 10.0. The highest BCUT2D eigenvalue weighted by molar-refractivity contribution is 6.30. The highest BCUT2D eigenvalue weighted by Gasteiger charge is 2.30. The molecule has 0 saturated heterocycles. The SMILES string of the molecule is O=C(NC1CC1)c1ccc(CN(C[C@@H](O)c2ccc(Cl)cc2)C2CC2)cc1. The molecule has 0 spiro atoms. The molecule has 0 bridgehead atoms. The van der Waals surface area contributed by atoms with Crippen molar-refractivity contribution in [2.45, 2.75) is 50.4 Å². The van der Waals surface area contributed by atoms with Gasteiger partial charge in [0.25, 0.3) is 5.91 Å². The van der Waals surface area contributed by atoms with Crippen molar-refractivity contribution < 1.29 is 9.90 Å². The van der Waals surface area contributed by atoms with E-state index in [1.165, 1.54) is 12.8 Å². The minimum absolute atomic E-state index is 0.0151. The molecule has 0 heterocycles. The lowest BCUT2D eigenvalue weighted by Crippen LogP contribution is -2.30. The van der Waals surface area contributed by atoms with E-state index >= 15 is 0 Å². The van der Waals surface area contributed by atoms with Crippen molar-refractivity contribution in [3.63, 3.8) is 0 Å². The number of halogens is 1. The first kappa shape index (κ1) is 18.5. The average molecular weight is 385 g/mol. The molecular weight excluding hydrogens is 360 g/mol. The lowest BCUT2D eigenvalue weighted by Gasteiger charge is -2.25. The number of rotatable bonds is 8. The number of aliphatic hydroxyl groups is 1. The molecule has 1 amide bonds. The summed E-state index contributed by atoms with van der Waals surface area (Å²) in [5.74, 6) is 0.0151. The fraction of sp³-hybridized carbons (Fsp3) is 0.409. The molecule has 0 radical (unpaired) electrons. The number of amides is 1. The monoisotopic (exact) mass is 384 g/mol. The van der Waals surface area contributed by atoms with Crippen LogP contribution >= 0.6 is 11.6 Å². The molecule has 2 aromatic carbocycles. The van der Waals surface area contributed by atoms with Crippen molar-refractivity contribution in [2.24, 2.45) is 0 Å². The Labute approximate surface area is 165 Å². The van der Waals surface area contributed by atoms with Crippen LogP contribution in [-0.4, -0.2) is 34.5 Å². The summed E-state index contributed by atoms with van der Waals surface area (Å²) in [4.78, 5) is 14.4. The lowest BCUT2D eigenvalue weighted by molar-refractivity contribution is 0.0951. The maximum Gasteiger partial charge on any atom is 0.251 e. The second-order valence-electron chi connectivity index (χ2n) is 7.67. The number of hydrogen-bond donors (Lipinski definition) is 2. The molecule has 5 heteroatoms. The predicted octanol–water partition coefficient (Wildman–Crippen LogP) is 3.93. The van der Waals surface area contributed by atoms with Gasteiger partial charge in [-0.1, -0.05) is 35.9 Å². The second kappa shape index (κ2) is 8.01. The Balaban J connectivity index is 1.37. The van der Waals surface area contributed by atoms with Crippen LogP contribution in [-0.2, 0) is 6.54 Å². The largest absolute Gasteiger partial charge is 0.387 e. The van der Waals surface area contributed by atoms with E-state index in [0.29, 0.717) is 29.2 Å². The van der Waals surface area contributed by atoms with Crippen LogP contribution in [0.5, 0.6) is 0 Å². The maximum atomic E-state index is 12.1. The van der Waals surface area contributed by atoms with Crippen LogP contribution in [0, 0.1) is 0 Å². The number of nitrogens with one attached hydrogen (secondary N) is 1. The highest BCUT2D eigenvalue weighted by atomic mass is 35.5. The highest BCUT2D eigenvalue weighted by Crippen LogP contribution is 2.30. The molecule has 0 aliphatic heterocycles. The maximum absolute atomic E-state index is 12.1. The molecule has 2 aliphatic carbocycles. The Morgan fingerprint density at radius 3 is 2.33 bits per heavy atom. The molecule has 0 aromatic heterocycles. The van der Waals surface area contributed by atoms with Crippen molar-refractivity contribution in [1.29, 1.82) is 0 Å². The van der Waals surface area contributed by atoms with Crippen LogP contribution in [0.2, 0.25) is 5.02 Å². The molecular formula is C22H25ClN2O2. The van der Waals surface area contributed by atoms with Crippen LogP contribution in [0.3, 0.4) is 0 Å². The summed E-state index contributed by atoms with van der Waals surface area (Å²) in [7, 11) is 0. The lowest BCUT2D eigenvalue weighted by atomic mass is 10.1. The molecule has 1 atom stereocenters. The Morgan fingerprint density at radius 2 is 1.74 bits per heavy atom. The number of aliphatic hydroxyl groups excluding tert-OH is 1. The van der Waals surface area contributed by atoms with Gasteiger partial charge in [-0.3, -0.25) is 9.69 Å². The van der Waals surface area contributed by atoms with Gasteiger partial charge in [0.2, 0.25) is 0 Å². The van der Waals surface area contributed by atoms with Crippen molar-refractivity contribution in [2.75, 3.05) is 6.54 Å². The Bertz CT molecular complexity index is 783. The first-order chi connectivity index (χ1) is 13.1. The minimum atomic E-state index is -0.536. The standard InChI is InChI=1S/C22H25ClN2O2/c23-18-7-5-16(6-8-18)21(26)14-25(20-11-12-20)13-15-1-3-17(4-2-15)22(27)24-19-9-10-19/h1-8,19-21,26H,9-14H2,(H,24,27)/t21-/m1/s1. The van der Waals surface area contributed by atoms with Crippen LogP contribution in [0.25, 0.3) is 0 Å². The van der Waals surface area contributed by atoms with E-state index in [-0.39, 0.29) is 5.91 Å². The fourth-order valence-electron chi connectivity index (χ4n) is 3.29. The first-order valence-electron chi connectivity index (χ1n) is 9.66. The van der Waals surface area contributed by atoms with Gasteiger partial charge in [-0.25, -0.2) is 0 Å². The molecule has 2 aliphatic rings. The Hall–Kier alpha value is -1.88. The summed E-state index contributed by atoms with van der Waals surface area (Å²) in [6.07, 6.45) is 4.00. The van der Waals surface area contributed by atoms with Crippen LogP contribution in [0.4, 0.5) is 0 Å². The fourth-order valence-corrected chi connectivity index (χ4v) is 3.41. The third kappa shape index (κ3) is 5.10. The minimum Gasteiger partial charge on any atom is -0.387 e. The number of carbonyl (C=O) groups is 1. The summed E-state index contributed by atoms with van der Waals surface area (Å²) in [5, 5.41) is 14.3. The van der Waals surface area contributed by atoms with E-state index in [0.717, 1.165) is 30.5 Å². The van der Waals surface area contributed by atoms with Gasteiger partial charge >= 0.3 is 0 Å². The Kier molecular flexibility index (Phi) is 5.48. The third-order valence-corrected chi connectivity index (χ3v) is 5.49. The van der Waals surface area contributed by atoms with E-state index in [4.69, 9.17) is 11.6 Å². The van der Waals surface area contributed by atoms with Gasteiger partial charge < -0.3 is 10.4 Å². The quantitative estimate of drug-likeness (QED) is 0.725. The van der Waals surface area contributed by atoms with Crippen molar-refractivity contribution in [3.8, 4) is 0 Å². The van der Waals surface area contributed by atoms with E-state index in [1.54, 1.807) is 0 Å². The van der Waals surface area contributed by atoms with E-state index in [9.17, 15) is 9.90 Å². The van der Waals surface area contributed by atoms with Crippen LogP contribution < -0.4 is 5.32 Å². The third-order valence-electron chi connectivity index (χ3n) is 5.24. The Morgan fingerprint density at radius 1 is 1.07 bits per heavy atom. The summed E-state index contributed by atoms with van der Waals surface area (Å²) in [6.45, 7) is 1.37. The van der Waals surface area contributed by atoms with Gasteiger partial charge in [-0.05, 0) is 61.1 Å². The second-order valence-corrected chi connectivity index (χ2v) is 8.11. The molecule has 0 unspecified atom stereocenters. The van der Waals surface area contributed by atoms with E-state index in [1.807, 2.05) is 48.5 Å². The van der Waals surface area contributed by atoms with Gasteiger partial charge in [0.1, 0.15) is 0 Å². The number of carbonyl (C=O) groups excluding carboxylic acids is 1. The molecule has 27 heavy (non-hydrogen) atoms. The average Bonchev–Trinajstić information content (AvgIpc) is 3.56. The molecule has 142 valence electrons. The summed E-state index contributed by atoms with van der Waals surface area (Å²) in [6, 6.07) is 16.1. The zero-order valence-electron chi connectivity index (χ0n) is 15.3. The van der Waals surface area contributed by atoms with Crippen LogP contribution in [0.15, 0.2) is 48.5 Å². The van der Waals surface area contributed by atoms with Gasteiger partial charge in [0.15, 0.2) is 0 Å². The smallest absolute Gasteiger partial charge is 0.251 e. The summed E-state index contributed by atoms with van der Waals surface area (Å²) >= 11 is 5.94. The number of benzene rings is 2. The van der Waals surface area contributed by atoms with Gasteiger partial charge in [-0.2, -0.15) is 0 Å². The number of nitrogens with zero attached hydrogens (tertiary/aromatic N) is 1. The molecule has 4 rings (SSSR count). The topological polar surface area (TPSA) is 52.6 Å². The zero-order valence-corrected chi connectivity index (χ0v) is 16.0. The molecule has 2 aromatic rings. The van der Waals surface area contributed by atoms with Gasteiger partial charge in [0.05, 0.1) is 6.10 Å². The van der Waals surface area contributed by atoms with Crippen molar-refractivity contribution in [1.82, 2.24) is 10.2 Å². The molecule has 4 nitrogen and oxygen atoms in total. The van der Waals surface area contributed by atoms with Gasteiger partial charge in [0, 0.05) is 35.8 Å². The molecule has 2 saturated carbocycles.